The van der Waals surface area contributed by atoms with E-state index < -0.39 is 23.7 Å². The minimum absolute atomic E-state index is 0.0121. The van der Waals surface area contributed by atoms with Crippen LogP contribution in [0.4, 0.5) is 5.69 Å². The van der Waals surface area contributed by atoms with Crippen molar-refractivity contribution in [1.29, 1.82) is 0 Å². The van der Waals surface area contributed by atoms with Crippen molar-refractivity contribution in [2.24, 2.45) is 0 Å². The lowest BCUT2D eigenvalue weighted by Crippen LogP contribution is -2.29. The van der Waals surface area contributed by atoms with Gasteiger partial charge in [0.2, 0.25) is 0 Å². The first kappa shape index (κ1) is 25.7. The molecule has 1 amide bonds. The molecule has 0 radical (unpaired) electrons. The number of esters is 1. The number of hydrogen-bond donors (Lipinski definition) is 1. The molecule has 37 heavy (non-hydrogen) atoms. The van der Waals surface area contributed by atoms with Gasteiger partial charge in [-0.1, -0.05) is 38.1 Å². The second-order valence-electron chi connectivity index (χ2n) is 8.99. The van der Waals surface area contributed by atoms with Crippen LogP contribution >= 0.6 is 0 Å². The topological polar surface area (TPSA) is 93.1 Å². The molecule has 1 fully saturated rings. The highest BCUT2D eigenvalue weighted by molar-refractivity contribution is 6.51. The summed E-state index contributed by atoms with van der Waals surface area (Å²) in [6.07, 6.45) is 0. The number of benzene rings is 3. The summed E-state index contributed by atoms with van der Waals surface area (Å²) in [5, 5.41) is 11.3. The van der Waals surface area contributed by atoms with Crippen LogP contribution in [-0.4, -0.2) is 36.5 Å². The van der Waals surface area contributed by atoms with E-state index in [1.165, 1.54) is 12.0 Å². The van der Waals surface area contributed by atoms with E-state index in [1.807, 2.05) is 24.3 Å². The van der Waals surface area contributed by atoms with E-state index in [0.717, 1.165) is 5.56 Å². The van der Waals surface area contributed by atoms with Crippen LogP contribution < -0.4 is 9.64 Å². The highest BCUT2D eigenvalue weighted by atomic mass is 16.5. The van der Waals surface area contributed by atoms with E-state index in [2.05, 4.69) is 13.8 Å². The van der Waals surface area contributed by atoms with Crippen LogP contribution in [0.25, 0.3) is 5.76 Å². The lowest BCUT2D eigenvalue weighted by Gasteiger charge is -2.26. The van der Waals surface area contributed by atoms with Gasteiger partial charge in [0, 0.05) is 11.3 Å². The second-order valence-corrected chi connectivity index (χ2v) is 8.99. The number of carbonyl (C=O) groups excluding carboxylic acids is 3. The molecule has 0 aliphatic carbocycles. The van der Waals surface area contributed by atoms with Crippen molar-refractivity contribution in [2.75, 3.05) is 18.6 Å². The van der Waals surface area contributed by atoms with Crippen molar-refractivity contribution >= 4 is 29.1 Å². The molecule has 7 nitrogen and oxygen atoms in total. The summed E-state index contributed by atoms with van der Waals surface area (Å²) in [5.74, 6) is -1.41. The van der Waals surface area contributed by atoms with Gasteiger partial charge in [0.15, 0.2) is 0 Å². The first-order valence-corrected chi connectivity index (χ1v) is 12.1. The molecule has 4 rings (SSSR count). The van der Waals surface area contributed by atoms with E-state index in [4.69, 9.17) is 9.47 Å². The number of methoxy groups -OCH3 is 1. The number of rotatable bonds is 7. The molecule has 0 bridgehead atoms. The minimum Gasteiger partial charge on any atom is -0.507 e. The van der Waals surface area contributed by atoms with Gasteiger partial charge in [0.05, 0.1) is 30.9 Å². The second kappa shape index (κ2) is 10.7. The van der Waals surface area contributed by atoms with Crippen molar-refractivity contribution in [2.45, 2.75) is 32.7 Å². The molecule has 1 atom stereocenters. The number of ketones is 1. The number of anilines is 1. The molecule has 1 aliphatic heterocycles. The Kier molecular flexibility index (Phi) is 7.43. The quantitative estimate of drug-likeness (QED) is 0.196. The average molecular weight is 500 g/mol. The molecule has 1 unspecified atom stereocenters. The number of carbonyl (C=O) groups is 3. The summed E-state index contributed by atoms with van der Waals surface area (Å²) in [6, 6.07) is 19.7. The van der Waals surface area contributed by atoms with Gasteiger partial charge in [0.1, 0.15) is 11.5 Å². The van der Waals surface area contributed by atoms with Crippen LogP contribution in [0.2, 0.25) is 0 Å². The summed E-state index contributed by atoms with van der Waals surface area (Å²) in [6.45, 7) is 6.12. The Morgan fingerprint density at radius 3 is 2.05 bits per heavy atom. The third-order valence-electron chi connectivity index (χ3n) is 6.38. The fourth-order valence-corrected chi connectivity index (χ4v) is 4.35. The molecule has 7 heteroatoms. The van der Waals surface area contributed by atoms with Crippen molar-refractivity contribution < 1.29 is 29.0 Å². The number of ether oxygens (including phenoxy) is 2. The molecule has 190 valence electrons. The Labute approximate surface area is 215 Å². The van der Waals surface area contributed by atoms with Gasteiger partial charge in [-0.25, -0.2) is 4.79 Å². The Morgan fingerprint density at radius 1 is 0.919 bits per heavy atom. The number of Topliss-reactive ketones (excluding diaryl/α,β-unsaturated/α-hetero) is 1. The number of hydrogen-bond acceptors (Lipinski definition) is 6. The molecule has 0 spiro atoms. The van der Waals surface area contributed by atoms with Crippen LogP contribution in [0.15, 0.2) is 78.4 Å². The molecule has 1 N–H and O–H groups in total. The van der Waals surface area contributed by atoms with Gasteiger partial charge in [-0.05, 0) is 72.5 Å². The van der Waals surface area contributed by atoms with Gasteiger partial charge in [0.25, 0.3) is 11.7 Å². The van der Waals surface area contributed by atoms with Crippen molar-refractivity contribution in [3.63, 3.8) is 0 Å². The zero-order chi connectivity index (χ0) is 26.7. The first-order chi connectivity index (χ1) is 17.8. The average Bonchev–Trinajstić information content (AvgIpc) is 3.18. The van der Waals surface area contributed by atoms with Crippen LogP contribution in [0, 0.1) is 0 Å². The van der Waals surface area contributed by atoms with Crippen LogP contribution in [0.1, 0.15) is 59.8 Å². The summed E-state index contributed by atoms with van der Waals surface area (Å²) >= 11 is 0. The standard InChI is InChI=1S/C30H29NO6/c1-5-37-30(35)22-10-14-23(15-11-22)31-26(20-8-6-19(7-9-20)18(2)3)25(28(33)29(31)34)27(32)21-12-16-24(36-4)17-13-21/h6-18,26,32H,5H2,1-4H3/b27-25-. The molecule has 0 saturated carbocycles. The number of nitrogens with zero attached hydrogens (tertiary/aromatic N) is 1. The summed E-state index contributed by atoms with van der Waals surface area (Å²) in [5.41, 5.74) is 2.91. The maximum absolute atomic E-state index is 13.4. The first-order valence-electron chi connectivity index (χ1n) is 12.1. The van der Waals surface area contributed by atoms with Crippen LogP contribution in [0.3, 0.4) is 0 Å². The lowest BCUT2D eigenvalue weighted by atomic mass is 9.93. The van der Waals surface area contributed by atoms with Crippen molar-refractivity contribution in [3.8, 4) is 5.75 Å². The van der Waals surface area contributed by atoms with Crippen LogP contribution in [0.5, 0.6) is 5.75 Å². The van der Waals surface area contributed by atoms with Crippen molar-refractivity contribution in [1.82, 2.24) is 0 Å². The highest BCUT2D eigenvalue weighted by Gasteiger charge is 2.47. The molecule has 3 aromatic rings. The molecular formula is C30H29NO6. The fraction of sp³-hybridized carbons (Fsp3) is 0.233. The van der Waals surface area contributed by atoms with E-state index in [1.54, 1.807) is 55.5 Å². The van der Waals surface area contributed by atoms with E-state index in [-0.39, 0.29) is 17.9 Å². The molecular weight excluding hydrogens is 470 g/mol. The third kappa shape index (κ3) is 4.98. The van der Waals surface area contributed by atoms with Gasteiger partial charge < -0.3 is 14.6 Å². The smallest absolute Gasteiger partial charge is 0.338 e. The molecule has 3 aromatic carbocycles. The third-order valence-corrected chi connectivity index (χ3v) is 6.38. The SMILES string of the molecule is CCOC(=O)c1ccc(N2C(=O)C(=O)/C(=C(\O)c3ccc(OC)cc3)C2c2ccc(C(C)C)cc2)cc1. The number of aliphatic hydroxyl groups excluding tert-OH is 1. The summed E-state index contributed by atoms with van der Waals surface area (Å²) < 4.78 is 10.2. The zero-order valence-corrected chi connectivity index (χ0v) is 21.2. The van der Waals surface area contributed by atoms with Crippen molar-refractivity contribution in [3.05, 3.63) is 101 Å². The predicted molar refractivity (Wildman–Crippen MR) is 141 cm³/mol. The Hall–Kier alpha value is -4.39. The van der Waals surface area contributed by atoms with Gasteiger partial charge >= 0.3 is 5.97 Å². The number of amides is 1. The fourth-order valence-electron chi connectivity index (χ4n) is 4.35. The largest absolute Gasteiger partial charge is 0.507 e. The molecule has 1 aliphatic rings. The highest BCUT2D eigenvalue weighted by Crippen LogP contribution is 2.42. The predicted octanol–water partition coefficient (Wildman–Crippen LogP) is 5.62. The van der Waals surface area contributed by atoms with Crippen LogP contribution in [-0.2, 0) is 14.3 Å². The zero-order valence-electron chi connectivity index (χ0n) is 21.2. The molecule has 1 saturated heterocycles. The normalized spacial score (nSPS) is 16.8. The monoisotopic (exact) mass is 499 g/mol. The van der Waals surface area contributed by atoms with E-state index in [0.29, 0.717) is 34.0 Å². The molecule has 1 heterocycles. The Balaban J connectivity index is 1.85. The summed E-state index contributed by atoms with van der Waals surface area (Å²) in [4.78, 5) is 40.2. The maximum Gasteiger partial charge on any atom is 0.338 e. The van der Waals surface area contributed by atoms with Gasteiger partial charge in [-0.3, -0.25) is 14.5 Å². The van der Waals surface area contributed by atoms with E-state index >= 15 is 0 Å². The van der Waals surface area contributed by atoms with Gasteiger partial charge in [-0.15, -0.1) is 0 Å². The van der Waals surface area contributed by atoms with E-state index in [9.17, 15) is 19.5 Å². The lowest BCUT2D eigenvalue weighted by molar-refractivity contribution is -0.132. The van der Waals surface area contributed by atoms with Gasteiger partial charge in [-0.2, -0.15) is 0 Å². The Bertz CT molecular complexity index is 1340. The minimum atomic E-state index is -0.864. The maximum atomic E-state index is 13.4. The Morgan fingerprint density at radius 2 is 1.51 bits per heavy atom. The summed E-state index contributed by atoms with van der Waals surface area (Å²) in [7, 11) is 1.54. The number of aliphatic hydroxyl groups is 1. The molecule has 0 aromatic heterocycles.